The average Bonchev–Trinajstić information content (AvgIpc) is 2.49. The van der Waals surface area contributed by atoms with Crippen molar-refractivity contribution in [1.82, 2.24) is 10.2 Å². The third-order valence-corrected chi connectivity index (χ3v) is 3.89. The van der Waals surface area contributed by atoms with Crippen LogP contribution in [-0.2, 0) is 0 Å². The number of nitrogens with zero attached hydrogens (tertiary/aromatic N) is 1. The van der Waals surface area contributed by atoms with Crippen LogP contribution in [0.15, 0.2) is 18.2 Å². The number of Topliss-reactive ketones (excluding diaryl/α,β-unsaturated/α-hetero) is 1. The molecule has 0 spiro atoms. The summed E-state index contributed by atoms with van der Waals surface area (Å²) in [5, 5.41) is 3.34. The molecule has 4 nitrogen and oxygen atoms in total. The maximum atomic E-state index is 12.7. The Morgan fingerprint density at radius 1 is 1.38 bits per heavy atom. The van der Waals surface area contributed by atoms with Crippen molar-refractivity contribution in [3.63, 3.8) is 0 Å². The van der Waals surface area contributed by atoms with Gasteiger partial charge in [0.05, 0.1) is 12.2 Å². The third kappa shape index (κ3) is 4.29. The highest BCUT2D eigenvalue weighted by molar-refractivity contribution is 6.00. The molecule has 1 aromatic carbocycles. The molecule has 0 radical (unpaired) electrons. The molecule has 0 aromatic heterocycles. The van der Waals surface area contributed by atoms with E-state index in [0.29, 0.717) is 12.4 Å². The van der Waals surface area contributed by atoms with Gasteiger partial charge in [0.2, 0.25) is 0 Å². The Labute approximate surface area is 127 Å². The Kier molecular flexibility index (Phi) is 5.76. The zero-order chi connectivity index (χ0) is 15.2. The Morgan fingerprint density at radius 2 is 2.10 bits per heavy atom. The first-order valence-electron chi connectivity index (χ1n) is 7.82. The molecule has 4 heteroatoms. The normalized spacial score (nSPS) is 17.5. The molecule has 1 aliphatic heterocycles. The van der Waals surface area contributed by atoms with Gasteiger partial charge in [-0.3, -0.25) is 4.79 Å². The molecule has 0 saturated carbocycles. The summed E-state index contributed by atoms with van der Waals surface area (Å²) in [5.41, 5.74) is 1.82. The molecular weight excluding hydrogens is 264 g/mol. The number of hydrogen-bond acceptors (Lipinski definition) is 4. The van der Waals surface area contributed by atoms with E-state index >= 15 is 0 Å². The predicted octanol–water partition coefficient (Wildman–Crippen LogP) is 2.12. The van der Waals surface area contributed by atoms with E-state index < -0.39 is 0 Å². The largest absolute Gasteiger partial charge is 0.493 e. The molecule has 1 unspecified atom stereocenters. The van der Waals surface area contributed by atoms with E-state index in [9.17, 15) is 4.79 Å². The molecule has 1 fully saturated rings. The van der Waals surface area contributed by atoms with Gasteiger partial charge in [0.1, 0.15) is 5.75 Å². The maximum Gasteiger partial charge on any atom is 0.170 e. The number of carbonyl (C=O) groups is 1. The summed E-state index contributed by atoms with van der Waals surface area (Å²) >= 11 is 0. The van der Waals surface area contributed by atoms with Crippen LogP contribution in [0, 0.1) is 12.8 Å². The summed E-state index contributed by atoms with van der Waals surface area (Å²) in [4.78, 5) is 15.1. The van der Waals surface area contributed by atoms with Crippen LogP contribution in [0.5, 0.6) is 5.75 Å². The van der Waals surface area contributed by atoms with Crippen LogP contribution in [0.1, 0.15) is 29.8 Å². The highest BCUT2D eigenvalue weighted by Crippen LogP contribution is 2.23. The Hall–Kier alpha value is -1.39. The lowest BCUT2D eigenvalue weighted by Crippen LogP contribution is -2.45. The topological polar surface area (TPSA) is 41.6 Å². The number of carbonyl (C=O) groups excluding carboxylic acids is 1. The molecule has 0 aliphatic carbocycles. The summed E-state index contributed by atoms with van der Waals surface area (Å²) < 4.78 is 5.61. The first kappa shape index (κ1) is 16.0. The summed E-state index contributed by atoms with van der Waals surface area (Å²) in [7, 11) is 0. The smallest absolute Gasteiger partial charge is 0.170 e. The number of piperazine rings is 1. The fourth-order valence-corrected chi connectivity index (χ4v) is 2.75. The van der Waals surface area contributed by atoms with Gasteiger partial charge in [-0.1, -0.05) is 18.6 Å². The number of ether oxygens (including phenoxy) is 1. The second kappa shape index (κ2) is 7.57. The molecular formula is C17H26N2O2. The maximum absolute atomic E-state index is 12.7. The van der Waals surface area contributed by atoms with Gasteiger partial charge in [0, 0.05) is 38.6 Å². The highest BCUT2D eigenvalue weighted by atomic mass is 16.5. The fourth-order valence-electron chi connectivity index (χ4n) is 2.75. The van der Waals surface area contributed by atoms with Crippen LogP contribution in [0.3, 0.4) is 0 Å². The Morgan fingerprint density at radius 3 is 2.76 bits per heavy atom. The number of ketones is 1. The van der Waals surface area contributed by atoms with Gasteiger partial charge in [0.15, 0.2) is 5.78 Å². The quantitative estimate of drug-likeness (QED) is 0.815. The van der Waals surface area contributed by atoms with Gasteiger partial charge in [-0.2, -0.15) is 0 Å². The fraction of sp³-hybridized carbons (Fsp3) is 0.588. The van der Waals surface area contributed by atoms with Crippen LogP contribution < -0.4 is 10.1 Å². The summed E-state index contributed by atoms with van der Waals surface area (Å²) in [6.07, 6.45) is 0. The minimum Gasteiger partial charge on any atom is -0.493 e. The van der Waals surface area contributed by atoms with E-state index in [1.54, 1.807) is 0 Å². The molecule has 1 N–H and O–H groups in total. The van der Waals surface area contributed by atoms with Crippen molar-refractivity contribution in [2.75, 3.05) is 39.3 Å². The Bertz CT molecular complexity index is 482. The molecule has 1 aromatic rings. The van der Waals surface area contributed by atoms with E-state index in [1.807, 2.05) is 39.0 Å². The van der Waals surface area contributed by atoms with Crippen molar-refractivity contribution in [1.29, 1.82) is 0 Å². The lowest BCUT2D eigenvalue weighted by atomic mass is 9.96. The zero-order valence-corrected chi connectivity index (χ0v) is 13.3. The number of benzene rings is 1. The van der Waals surface area contributed by atoms with Gasteiger partial charge in [-0.25, -0.2) is 0 Å². The van der Waals surface area contributed by atoms with Crippen molar-refractivity contribution in [2.45, 2.75) is 20.8 Å². The van der Waals surface area contributed by atoms with Gasteiger partial charge in [-0.15, -0.1) is 0 Å². The monoisotopic (exact) mass is 290 g/mol. The molecule has 21 heavy (non-hydrogen) atoms. The molecule has 1 aliphatic rings. The summed E-state index contributed by atoms with van der Waals surface area (Å²) in [6.45, 7) is 11.4. The summed E-state index contributed by atoms with van der Waals surface area (Å²) in [6, 6.07) is 5.84. The zero-order valence-electron chi connectivity index (χ0n) is 13.3. The number of rotatable bonds is 6. The van der Waals surface area contributed by atoms with Crippen LogP contribution in [0.25, 0.3) is 0 Å². The van der Waals surface area contributed by atoms with E-state index in [4.69, 9.17) is 4.74 Å². The minimum atomic E-state index is -0.0101. The molecule has 1 heterocycles. The van der Waals surface area contributed by atoms with Crippen LogP contribution in [0.2, 0.25) is 0 Å². The van der Waals surface area contributed by atoms with E-state index in [0.717, 1.165) is 43.9 Å². The van der Waals surface area contributed by atoms with Crippen LogP contribution >= 0.6 is 0 Å². The van der Waals surface area contributed by atoms with Gasteiger partial charge in [0.25, 0.3) is 0 Å². The molecule has 116 valence electrons. The Balaban J connectivity index is 2.08. The lowest BCUT2D eigenvalue weighted by molar-refractivity contribution is 0.0883. The van der Waals surface area contributed by atoms with Crippen molar-refractivity contribution in [2.24, 2.45) is 5.92 Å². The predicted molar refractivity (Wildman–Crippen MR) is 85.2 cm³/mol. The van der Waals surface area contributed by atoms with Crippen molar-refractivity contribution < 1.29 is 9.53 Å². The van der Waals surface area contributed by atoms with Crippen molar-refractivity contribution in [3.8, 4) is 5.75 Å². The van der Waals surface area contributed by atoms with Crippen molar-refractivity contribution in [3.05, 3.63) is 29.3 Å². The highest BCUT2D eigenvalue weighted by Gasteiger charge is 2.22. The molecule has 0 bridgehead atoms. The van der Waals surface area contributed by atoms with Crippen LogP contribution in [0.4, 0.5) is 0 Å². The van der Waals surface area contributed by atoms with Crippen molar-refractivity contribution >= 4 is 5.78 Å². The number of aryl methyl sites for hydroxylation is 1. The standard InChI is InChI=1S/C17H26N2O2/c1-4-21-16-6-5-13(2)11-15(16)17(20)14(3)12-19-9-7-18-8-10-19/h5-6,11,14,18H,4,7-10,12H2,1-3H3. The van der Waals surface area contributed by atoms with E-state index in [1.165, 1.54) is 0 Å². The average molecular weight is 290 g/mol. The molecule has 1 saturated heterocycles. The summed E-state index contributed by atoms with van der Waals surface area (Å²) in [5.74, 6) is 0.880. The van der Waals surface area contributed by atoms with Gasteiger partial charge in [-0.05, 0) is 26.0 Å². The van der Waals surface area contributed by atoms with Gasteiger partial charge >= 0.3 is 0 Å². The van der Waals surface area contributed by atoms with E-state index in [2.05, 4.69) is 10.2 Å². The van der Waals surface area contributed by atoms with E-state index in [-0.39, 0.29) is 11.7 Å². The molecule has 2 rings (SSSR count). The number of hydrogen-bond donors (Lipinski definition) is 1. The first-order valence-corrected chi connectivity index (χ1v) is 7.82. The molecule has 0 amide bonds. The lowest BCUT2D eigenvalue weighted by Gasteiger charge is -2.29. The number of nitrogens with one attached hydrogen (secondary N) is 1. The van der Waals surface area contributed by atoms with Crippen LogP contribution in [-0.4, -0.2) is 50.0 Å². The second-order valence-corrected chi connectivity index (χ2v) is 5.75. The second-order valence-electron chi connectivity index (χ2n) is 5.75. The van der Waals surface area contributed by atoms with Gasteiger partial charge < -0.3 is 15.0 Å². The molecule has 1 atom stereocenters. The minimum absolute atomic E-state index is 0.0101. The third-order valence-electron chi connectivity index (χ3n) is 3.89. The first-order chi connectivity index (χ1) is 10.1. The SMILES string of the molecule is CCOc1ccc(C)cc1C(=O)C(C)CN1CCNCC1.